The summed E-state index contributed by atoms with van der Waals surface area (Å²) in [5.41, 5.74) is 4.06. The zero-order valence-electron chi connectivity index (χ0n) is 18.3. The highest BCUT2D eigenvalue weighted by Gasteiger charge is 2.12. The zero-order chi connectivity index (χ0) is 20.4. The van der Waals surface area contributed by atoms with E-state index in [1.807, 2.05) is 6.07 Å². The number of unbranched alkanes of at least 4 members (excludes halogenated alkanes) is 3. The second-order valence-electron chi connectivity index (χ2n) is 8.44. The molecule has 0 saturated carbocycles. The van der Waals surface area contributed by atoms with Crippen molar-refractivity contribution < 1.29 is 9.47 Å². The van der Waals surface area contributed by atoms with E-state index < -0.39 is 0 Å². The van der Waals surface area contributed by atoms with Gasteiger partial charge in [-0.2, -0.15) is 0 Å². The van der Waals surface area contributed by atoms with Crippen molar-refractivity contribution in [3.8, 4) is 11.5 Å². The molecule has 0 saturated heterocycles. The lowest BCUT2D eigenvalue weighted by molar-refractivity contribution is 0.285. The molecule has 1 N–H and O–H groups in total. The SMILES string of the molecule is CCCCCCOc1ccc(CNCc2ccc(C(C)(C)C)cc2)cc1OC. The van der Waals surface area contributed by atoms with Crippen molar-refractivity contribution in [2.45, 2.75) is 71.9 Å². The van der Waals surface area contributed by atoms with Crippen LogP contribution in [-0.2, 0) is 18.5 Å². The molecule has 0 aliphatic carbocycles. The molecule has 0 unspecified atom stereocenters. The molecule has 0 spiro atoms. The van der Waals surface area contributed by atoms with Crippen molar-refractivity contribution in [1.82, 2.24) is 5.32 Å². The topological polar surface area (TPSA) is 30.5 Å². The first-order chi connectivity index (χ1) is 13.4. The highest BCUT2D eigenvalue weighted by Crippen LogP contribution is 2.28. The van der Waals surface area contributed by atoms with Crippen LogP contribution in [0.3, 0.4) is 0 Å². The molecule has 0 fully saturated rings. The number of hydrogen-bond donors (Lipinski definition) is 1. The number of methoxy groups -OCH3 is 1. The number of hydrogen-bond acceptors (Lipinski definition) is 3. The minimum Gasteiger partial charge on any atom is -0.493 e. The van der Waals surface area contributed by atoms with Crippen LogP contribution in [0.1, 0.15) is 70.1 Å². The Labute approximate surface area is 171 Å². The lowest BCUT2D eigenvalue weighted by Crippen LogP contribution is -2.14. The van der Waals surface area contributed by atoms with E-state index in [4.69, 9.17) is 9.47 Å². The molecule has 154 valence electrons. The molecule has 0 heterocycles. The average Bonchev–Trinajstić information content (AvgIpc) is 2.68. The standard InChI is InChI=1S/C25H37NO2/c1-6-7-8-9-16-28-23-15-12-21(17-24(23)27-5)19-26-18-20-10-13-22(14-11-20)25(2,3)4/h10-15,17,26H,6-9,16,18-19H2,1-5H3. The van der Waals surface area contributed by atoms with Crippen LogP contribution in [0, 0.1) is 0 Å². The van der Waals surface area contributed by atoms with Gasteiger partial charge in [-0.3, -0.25) is 0 Å². The normalized spacial score (nSPS) is 11.5. The first-order valence-electron chi connectivity index (χ1n) is 10.5. The maximum absolute atomic E-state index is 5.90. The first kappa shape index (κ1) is 22.3. The Hall–Kier alpha value is -2.00. The first-order valence-corrected chi connectivity index (χ1v) is 10.5. The van der Waals surface area contributed by atoms with Crippen molar-refractivity contribution in [3.63, 3.8) is 0 Å². The average molecular weight is 384 g/mol. The van der Waals surface area contributed by atoms with Gasteiger partial charge in [-0.1, -0.05) is 77.3 Å². The van der Waals surface area contributed by atoms with Crippen LogP contribution in [0.25, 0.3) is 0 Å². The van der Waals surface area contributed by atoms with E-state index in [9.17, 15) is 0 Å². The van der Waals surface area contributed by atoms with Gasteiger partial charge in [0.25, 0.3) is 0 Å². The molecule has 0 amide bonds. The smallest absolute Gasteiger partial charge is 0.161 e. The van der Waals surface area contributed by atoms with Gasteiger partial charge < -0.3 is 14.8 Å². The fourth-order valence-electron chi connectivity index (χ4n) is 3.13. The molecule has 0 aliphatic heterocycles. The summed E-state index contributed by atoms with van der Waals surface area (Å²) in [4.78, 5) is 0. The largest absolute Gasteiger partial charge is 0.493 e. The fourth-order valence-corrected chi connectivity index (χ4v) is 3.13. The molecule has 3 nitrogen and oxygen atoms in total. The van der Waals surface area contributed by atoms with Gasteiger partial charge in [-0.25, -0.2) is 0 Å². The van der Waals surface area contributed by atoms with E-state index >= 15 is 0 Å². The summed E-state index contributed by atoms with van der Waals surface area (Å²) in [6.45, 7) is 11.3. The van der Waals surface area contributed by atoms with Crippen LogP contribution in [0.2, 0.25) is 0 Å². The van der Waals surface area contributed by atoms with Crippen LogP contribution in [0.15, 0.2) is 42.5 Å². The van der Waals surface area contributed by atoms with Crippen LogP contribution in [-0.4, -0.2) is 13.7 Å². The van der Waals surface area contributed by atoms with Gasteiger partial charge in [0.05, 0.1) is 13.7 Å². The van der Waals surface area contributed by atoms with Gasteiger partial charge in [0.2, 0.25) is 0 Å². The van der Waals surface area contributed by atoms with Crippen molar-refractivity contribution >= 4 is 0 Å². The zero-order valence-corrected chi connectivity index (χ0v) is 18.3. The Bertz CT molecular complexity index is 701. The molecule has 0 radical (unpaired) electrons. The number of nitrogens with one attached hydrogen (secondary N) is 1. The second-order valence-corrected chi connectivity index (χ2v) is 8.44. The van der Waals surface area contributed by atoms with Crippen molar-refractivity contribution in [2.75, 3.05) is 13.7 Å². The molecular weight excluding hydrogens is 346 g/mol. The summed E-state index contributed by atoms with van der Waals surface area (Å²) in [6.07, 6.45) is 4.82. The summed E-state index contributed by atoms with van der Waals surface area (Å²) in [6, 6.07) is 15.1. The predicted molar refractivity (Wildman–Crippen MR) is 118 cm³/mol. The van der Waals surface area contributed by atoms with Crippen LogP contribution in [0.4, 0.5) is 0 Å². The van der Waals surface area contributed by atoms with Gasteiger partial charge in [-0.15, -0.1) is 0 Å². The molecule has 0 aliphatic rings. The van der Waals surface area contributed by atoms with E-state index in [-0.39, 0.29) is 5.41 Å². The molecule has 0 aromatic heterocycles. The Kier molecular flexibility index (Phi) is 8.85. The minimum absolute atomic E-state index is 0.197. The second kappa shape index (κ2) is 11.1. The van der Waals surface area contributed by atoms with Crippen molar-refractivity contribution in [2.24, 2.45) is 0 Å². The molecule has 28 heavy (non-hydrogen) atoms. The molecule has 2 rings (SSSR count). The highest BCUT2D eigenvalue weighted by atomic mass is 16.5. The van der Waals surface area contributed by atoms with Crippen LogP contribution in [0.5, 0.6) is 11.5 Å². The molecular formula is C25H37NO2. The lowest BCUT2D eigenvalue weighted by Gasteiger charge is -2.19. The summed E-state index contributed by atoms with van der Waals surface area (Å²) >= 11 is 0. The van der Waals surface area contributed by atoms with Crippen LogP contribution >= 0.6 is 0 Å². The van der Waals surface area contributed by atoms with E-state index in [0.717, 1.165) is 37.6 Å². The van der Waals surface area contributed by atoms with Crippen LogP contribution < -0.4 is 14.8 Å². The maximum Gasteiger partial charge on any atom is 0.161 e. The Morgan fingerprint density at radius 2 is 1.50 bits per heavy atom. The molecule has 2 aromatic carbocycles. The van der Waals surface area contributed by atoms with E-state index in [1.54, 1.807) is 7.11 Å². The summed E-state index contributed by atoms with van der Waals surface area (Å²) in [5, 5.41) is 3.52. The molecule has 2 aromatic rings. The minimum atomic E-state index is 0.197. The maximum atomic E-state index is 5.90. The van der Waals surface area contributed by atoms with Gasteiger partial charge in [0, 0.05) is 13.1 Å². The van der Waals surface area contributed by atoms with E-state index in [2.05, 4.69) is 69.4 Å². The van der Waals surface area contributed by atoms with Gasteiger partial charge in [0.15, 0.2) is 11.5 Å². The Balaban J connectivity index is 1.83. The summed E-state index contributed by atoms with van der Waals surface area (Å²) in [5.74, 6) is 1.64. The fraction of sp³-hybridized carbons (Fsp3) is 0.520. The third kappa shape index (κ3) is 7.20. The Morgan fingerprint density at radius 1 is 0.821 bits per heavy atom. The molecule has 0 atom stereocenters. The lowest BCUT2D eigenvalue weighted by atomic mass is 9.87. The van der Waals surface area contributed by atoms with Gasteiger partial charge >= 0.3 is 0 Å². The van der Waals surface area contributed by atoms with E-state index in [1.165, 1.54) is 36.0 Å². The predicted octanol–water partition coefficient (Wildman–Crippen LogP) is 6.24. The Morgan fingerprint density at radius 3 is 2.14 bits per heavy atom. The number of rotatable bonds is 11. The summed E-state index contributed by atoms with van der Waals surface area (Å²) in [7, 11) is 1.70. The third-order valence-electron chi connectivity index (χ3n) is 4.96. The van der Waals surface area contributed by atoms with Gasteiger partial charge in [-0.05, 0) is 40.7 Å². The van der Waals surface area contributed by atoms with E-state index in [0.29, 0.717) is 0 Å². The molecule has 0 bridgehead atoms. The van der Waals surface area contributed by atoms with Crippen molar-refractivity contribution in [3.05, 3.63) is 59.2 Å². The third-order valence-corrected chi connectivity index (χ3v) is 4.96. The quantitative estimate of drug-likeness (QED) is 0.466. The van der Waals surface area contributed by atoms with Gasteiger partial charge in [0.1, 0.15) is 0 Å². The molecule has 3 heteroatoms. The number of ether oxygens (including phenoxy) is 2. The highest BCUT2D eigenvalue weighted by molar-refractivity contribution is 5.43. The number of benzene rings is 2. The monoisotopic (exact) mass is 383 g/mol. The van der Waals surface area contributed by atoms with Crippen molar-refractivity contribution in [1.29, 1.82) is 0 Å². The summed E-state index contributed by atoms with van der Waals surface area (Å²) < 4.78 is 11.4.